The van der Waals surface area contributed by atoms with Gasteiger partial charge in [0.15, 0.2) is 0 Å². The maximum atomic E-state index is 9.45. The van der Waals surface area contributed by atoms with Gasteiger partial charge in [0, 0.05) is 32.8 Å². The Bertz CT molecular complexity index is 254. The molecule has 0 aromatic heterocycles. The normalized spacial score (nSPS) is 26.9. The fourth-order valence-corrected chi connectivity index (χ4v) is 2.95. The van der Waals surface area contributed by atoms with E-state index in [2.05, 4.69) is 24.1 Å². The zero-order chi connectivity index (χ0) is 15.0. The van der Waals surface area contributed by atoms with Crippen LogP contribution in [0.15, 0.2) is 0 Å². The first kappa shape index (κ1) is 17.9. The average Bonchev–Trinajstić information content (AvgIpc) is 2.86. The van der Waals surface area contributed by atoms with Gasteiger partial charge in [0.05, 0.1) is 18.8 Å². The lowest BCUT2D eigenvalue weighted by atomic mass is 9.95. The zero-order valence-electron chi connectivity index (χ0n) is 13.5. The third kappa shape index (κ3) is 5.30. The zero-order valence-corrected chi connectivity index (χ0v) is 13.5. The highest BCUT2D eigenvalue weighted by molar-refractivity contribution is 4.86. The number of ether oxygens (including phenoxy) is 2. The summed E-state index contributed by atoms with van der Waals surface area (Å²) in [4.78, 5) is 2.41. The van der Waals surface area contributed by atoms with Crippen molar-refractivity contribution in [2.75, 3.05) is 47.0 Å². The highest BCUT2D eigenvalue weighted by atomic mass is 16.5. The van der Waals surface area contributed by atoms with Crippen LogP contribution in [0.2, 0.25) is 0 Å². The number of hydrogen-bond acceptors (Lipinski definition) is 5. The van der Waals surface area contributed by atoms with E-state index in [0.717, 1.165) is 45.4 Å². The minimum absolute atomic E-state index is 0.135. The first-order valence-corrected chi connectivity index (χ1v) is 7.72. The molecule has 0 aliphatic carbocycles. The molecule has 1 aliphatic rings. The largest absolute Gasteiger partial charge is 0.394 e. The summed E-state index contributed by atoms with van der Waals surface area (Å²) in [5, 5.41) is 12.8. The van der Waals surface area contributed by atoms with Gasteiger partial charge >= 0.3 is 0 Å². The van der Waals surface area contributed by atoms with Crippen molar-refractivity contribution >= 4 is 0 Å². The number of aliphatic hydroxyl groups is 1. The predicted octanol–water partition coefficient (Wildman–Crippen LogP) is 0.863. The summed E-state index contributed by atoms with van der Waals surface area (Å²) in [5.41, 5.74) is -0.135. The maximum absolute atomic E-state index is 9.45. The molecule has 0 amide bonds. The van der Waals surface area contributed by atoms with Crippen LogP contribution in [0, 0.1) is 0 Å². The minimum atomic E-state index is -0.135. The topological polar surface area (TPSA) is 54.0 Å². The summed E-state index contributed by atoms with van der Waals surface area (Å²) in [6.07, 6.45) is 3.67. The molecule has 1 rings (SSSR count). The van der Waals surface area contributed by atoms with Crippen LogP contribution < -0.4 is 5.32 Å². The fraction of sp³-hybridized carbons (Fsp3) is 1.00. The predicted molar refractivity (Wildman–Crippen MR) is 81.1 cm³/mol. The summed E-state index contributed by atoms with van der Waals surface area (Å²) in [5.74, 6) is 0. The summed E-state index contributed by atoms with van der Waals surface area (Å²) < 4.78 is 10.9. The van der Waals surface area contributed by atoms with Gasteiger partial charge in [0.25, 0.3) is 0 Å². The Labute approximate surface area is 123 Å². The lowest BCUT2D eigenvalue weighted by Gasteiger charge is -2.28. The molecule has 1 saturated heterocycles. The Kier molecular flexibility index (Phi) is 7.99. The molecule has 0 spiro atoms. The quantitative estimate of drug-likeness (QED) is 0.584. The molecule has 1 aliphatic heterocycles. The molecule has 3 atom stereocenters. The third-order valence-electron chi connectivity index (χ3n) is 4.30. The van der Waals surface area contributed by atoms with Gasteiger partial charge in [-0.05, 0) is 32.9 Å². The number of hydrogen-bond donors (Lipinski definition) is 2. The van der Waals surface area contributed by atoms with Gasteiger partial charge in [0.1, 0.15) is 0 Å². The van der Waals surface area contributed by atoms with Crippen LogP contribution >= 0.6 is 0 Å². The molecule has 0 aromatic rings. The Hall–Kier alpha value is -0.200. The van der Waals surface area contributed by atoms with Crippen LogP contribution in [0.25, 0.3) is 0 Å². The summed E-state index contributed by atoms with van der Waals surface area (Å²) in [6.45, 7) is 8.25. The van der Waals surface area contributed by atoms with E-state index in [1.54, 1.807) is 14.2 Å². The molecule has 120 valence electrons. The molecule has 5 nitrogen and oxygen atoms in total. The number of rotatable bonds is 10. The molecule has 1 heterocycles. The van der Waals surface area contributed by atoms with Gasteiger partial charge in [-0.2, -0.15) is 0 Å². The van der Waals surface area contributed by atoms with Crippen LogP contribution in [0.1, 0.15) is 33.1 Å². The Morgan fingerprint density at radius 3 is 2.25 bits per heavy atom. The first-order chi connectivity index (χ1) is 9.58. The second-order valence-electron chi connectivity index (χ2n) is 6.01. The van der Waals surface area contributed by atoms with E-state index in [1.807, 2.05) is 0 Å². The van der Waals surface area contributed by atoms with E-state index in [9.17, 15) is 5.11 Å². The van der Waals surface area contributed by atoms with Crippen molar-refractivity contribution in [3.63, 3.8) is 0 Å². The molecule has 0 aromatic carbocycles. The molecular weight excluding hydrogens is 256 g/mol. The van der Waals surface area contributed by atoms with Gasteiger partial charge in [-0.15, -0.1) is 0 Å². The number of aliphatic hydroxyl groups excluding tert-OH is 1. The first-order valence-electron chi connectivity index (χ1n) is 7.72. The van der Waals surface area contributed by atoms with E-state index in [-0.39, 0.29) is 24.4 Å². The number of likely N-dealkylation sites (N-methyl/N-ethyl adjacent to an activating group) is 1. The number of methoxy groups -OCH3 is 2. The number of likely N-dealkylation sites (tertiary alicyclic amines) is 1. The standard InChI is InChI=1S/C15H32N2O3/c1-5-16-15(2,12-18)8-6-7-9-17-10-13(19-3)14(11-17)20-4/h13-14,16,18H,5-12H2,1-4H3. The van der Waals surface area contributed by atoms with E-state index in [1.165, 1.54) is 0 Å². The second-order valence-corrected chi connectivity index (χ2v) is 6.01. The number of unbranched alkanes of at least 4 members (excludes halogenated alkanes) is 1. The summed E-state index contributed by atoms with van der Waals surface area (Å²) in [6, 6.07) is 0. The van der Waals surface area contributed by atoms with Gasteiger partial charge in [-0.25, -0.2) is 0 Å². The van der Waals surface area contributed by atoms with Crippen molar-refractivity contribution < 1.29 is 14.6 Å². The highest BCUT2D eigenvalue weighted by Gasteiger charge is 2.32. The lowest BCUT2D eigenvalue weighted by molar-refractivity contribution is -0.00461. The maximum Gasteiger partial charge on any atom is 0.0971 e. The molecule has 0 radical (unpaired) electrons. The fourth-order valence-electron chi connectivity index (χ4n) is 2.95. The van der Waals surface area contributed by atoms with Crippen molar-refractivity contribution in [3.05, 3.63) is 0 Å². The van der Waals surface area contributed by atoms with Gasteiger partial charge in [0.2, 0.25) is 0 Å². The molecule has 2 N–H and O–H groups in total. The summed E-state index contributed by atoms with van der Waals surface area (Å²) >= 11 is 0. The number of nitrogens with one attached hydrogen (secondary N) is 1. The Morgan fingerprint density at radius 2 is 1.80 bits per heavy atom. The smallest absolute Gasteiger partial charge is 0.0971 e. The van der Waals surface area contributed by atoms with Crippen LogP contribution in [-0.4, -0.2) is 74.8 Å². The lowest BCUT2D eigenvalue weighted by Crippen LogP contribution is -2.45. The summed E-state index contributed by atoms with van der Waals surface area (Å²) in [7, 11) is 3.51. The highest BCUT2D eigenvalue weighted by Crippen LogP contribution is 2.18. The van der Waals surface area contributed by atoms with Crippen molar-refractivity contribution in [2.24, 2.45) is 0 Å². The van der Waals surface area contributed by atoms with Gasteiger partial charge < -0.3 is 19.9 Å². The van der Waals surface area contributed by atoms with Crippen LogP contribution in [-0.2, 0) is 9.47 Å². The van der Waals surface area contributed by atoms with Crippen LogP contribution in [0.5, 0.6) is 0 Å². The van der Waals surface area contributed by atoms with Gasteiger partial charge in [-0.3, -0.25) is 4.90 Å². The van der Waals surface area contributed by atoms with E-state index in [4.69, 9.17) is 9.47 Å². The second kappa shape index (κ2) is 8.95. The monoisotopic (exact) mass is 288 g/mol. The molecule has 0 bridgehead atoms. The average molecular weight is 288 g/mol. The van der Waals surface area contributed by atoms with Crippen LogP contribution in [0.4, 0.5) is 0 Å². The van der Waals surface area contributed by atoms with E-state index < -0.39 is 0 Å². The Morgan fingerprint density at radius 1 is 1.20 bits per heavy atom. The van der Waals surface area contributed by atoms with E-state index >= 15 is 0 Å². The van der Waals surface area contributed by atoms with Crippen molar-refractivity contribution in [3.8, 4) is 0 Å². The minimum Gasteiger partial charge on any atom is -0.394 e. The molecule has 3 unspecified atom stereocenters. The van der Waals surface area contributed by atoms with Gasteiger partial charge in [-0.1, -0.05) is 13.3 Å². The number of nitrogens with zero attached hydrogens (tertiary/aromatic N) is 1. The van der Waals surface area contributed by atoms with Crippen molar-refractivity contribution in [1.29, 1.82) is 0 Å². The SMILES string of the molecule is CCNC(C)(CO)CCCCN1CC(OC)C(OC)C1. The molecule has 0 saturated carbocycles. The van der Waals surface area contributed by atoms with Crippen molar-refractivity contribution in [1.82, 2.24) is 10.2 Å². The molecule has 5 heteroatoms. The van der Waals surface area contributed by atoms with Crippen molar-refractivity contribution in [2.45, 2.75) is 50.9 Å². The van der Waals surface area contributed by atoms with Crippen LogP contribution in [0.3, 0.4) is 0 Å². The third-order valence-corrected chi connectivity index (χ3v) is 4.30. The molecular formula is C15H32N2O3. The van der Waals surface area contributed by atoms with E-state index in [0.29, 0.717) is 0 Å². The molecule has 1 fully saturated rings. The molecule has 20 heavy (non-hydrogen) atoms. The Balaban J connectivity index is 2.22.